The maximum absolute atomic E-state index is 11.3. The number of nitrogens with zero attached hydrogens (tertiary/aromatic N) is 2. The van der Waals surface area contributed by atoms with Gasteiger partial charge in [0.15, 0.2) is 5.78 Å². The second-order valence-electron chi connectivity index (χ2n) is 6.26. The number of hydrogen-bond acceptors (Lipinski definition) is 4. The summed E-state index contributed by atoms with van der Waals surface area (Å²) in [4.78, 5) is 18.0. The van der Waals surface area contributed by atoms with Crippen molar-refractivity contribution in [3.05, 3.63) is 23.9 Å². The molecule has 2 atom stereocenters. The number of ketones is 1. The lowest BCUT2D eigenvalue weighted by Crippen LogP contribution is -2.47. The zero-order valence-corrected chi connectivity index (χ0v) is 12.0. The Kier molecular flexibility index (Phi) is 3.50. The standard InChI is InChI=1S/C16H22N2O2/c1-12(19)13-5-6-15(17-10-13)18-9-3-8-16(11-18)7-2-4-14(16)20/h5-6,10,14,20H,2-4,7-9,11H2,1H3/t14-,16-/m1/s1. The highest BCUT2D eigenvalue weighted by atomic mass is 16.3. The summed E-state index contributed by atoms with van der Waals surface area (Å²) in [6.07, 6.45) is 6.90. The van der Waals surface area contributed by atoms with Crippen LogP contribution in [0.25, 0.3) is 0 Å². The first-order valence-corrected chi connectivity index (χ1v) is 7.51. The molecule has 1 saturated heterocycles. The number of carbonyl (C=O) groups excluding carboxylic acids is 1. The van der Waals surface area contributed by atoms with E-state index in [-0.39, 0.29) is 17.3 Å². The number of aliphatic hydroxyl groups is 1. The van der Waals surface area contributed by atoms with Crippen molar-refractivity contribution >= 4 is 11.6 Å². The predicted molar refractivity (Wildman–Crippen MR) is 78.0 cm³/mol. The number of carbonyl (C=O) groups is 1. The molecule has 2 aliphatic rings. The molecule has 0 aromatic carbocycles. The highest BCUT2D eigenvalue weighted by molar-refractivity contribution is 5.93. The van der Waals surface area contributed by atoms with Crippen LogP contribution in [0.2, 0.25) is 0 Å². The number of hydrogen-bond donors (Lipinski definition) is 1. The van der Waals surface area contributed by atoms with Crippen molar-refractivity contribution in [1.29, 1.82) is 0 Å². The van der Waals surface area contributed by atoms with Gasteiger partial charge in [0.25, 0.3) is 0 Å². The van der Waals surface area contributed by atoms with E-state index in [0.29, 0.717) is 5.56 Å². The van der Waals surface area contributed by atoms with Crippen LogP contribution in [0.15, 0.2) is 18.3 Å². The van der Waals surface area contributed by atoms with E-state index in [2.05, 4.69) is 9.88 Å². The van der Waals surface area contributed by atoms with E-state index in [9.17, 15) is 9.90 Å². The SMILES string of the molecule is CC(=O)c1ccc(N2CCC[C@]3(CCC[C@H]3O)C2)nc1. The largest absolute Gasteiger partial charge is 0.392 e. The Labute approximate surface area is 119 Å². The highest BCUT2D eigenvalue weighted by Crippen LogP contribution is 2.45. The van der Waals surface area contributed by atoms with Gasteiger partial charge in [-0.3, -0.25) is 4.79 Å². The van der Waals surface area contributed by atoms with Gasteiger partial charge < -0.3 is 10.0 Å². The van der Waals surface area contributed by atoms with Crippen LogP contribution in [-0.2, 0) is 0 Å². The van der Waals surface area contributed by atoms with E-state index >= 15 is 0 Å². The molecule has 1 aliphatic carbocycles. The van der Waals surface area contributed by atoms with Crippen LogP contribution in [0.3, 0.4) is 0 Å². The number of pyridine rings is 1. The van der Waals surface area contributed by atoms with Crippen molar-refractivity contribution in [2.45, 2.75) is 45.1 Å². The molecule has 108 valence electrons. The van der Waals surface area contributed by atoms with Crippen molar-refractivity contribution in [3.8, 4) is 0 Å². The van der Waals surface area contributed by atoms with Crippen molar-refractivity contribution in [2.24, 2.45) is 5.41 Å². The smallest absolute Gasteiger partial charge is 0.161 e. The van der Waals surface area contributed by atoms with E-state index in [1.807, 2.05) is 12.1 Å². The average Bonchev–Trinajstić information content (AvgIpc) is 2.80. The van der Waals surface area contributed by atoms with Crippen molar-refractivity contribution < 1.29 is 9.90 Å². The third-order valence-electron chi connectivity index (χ3n) is 4.95. The summed E-state index contributed by atoms with van der Waals surface area (Å²) < 4.78 is 0. The Morgan fingerprint density at radius 2 is 2.20 bits per heavy atom. The van der Waals surface area contributed by atoms with Gasteiger partial charge in [0, 0.05) is 30.3 Å². The second kappa shape index (κ2) is 5.17. The minimum Gasteiger partial charge on any atom is -0.392 e. The summed E-state index contributed by atoms with van der Waals surface area (Å²) in [5.74, 6) is 0.971. The molecule has 0 amide bonds. The van der Waals surface area contributed by atoms with Gasteiger partial charge in [0.05, 0.1) is 6.10 Å². The van der Waals surface area contributed by atoms with Crippen molar-refractivity contribution in [1.82, 2.24) is 4.98 Å². The monoisotopic (exact) mass is 274 g/mol. The first-order chi connectivity index (χ1) is 9.61. The Balaban J connectivity index is 1.78. The Morgan fingerprint density at radius 3 is 2.80 bits per heavy atom. The number of aliphatic hydroxyl groups excluding tert-OH is 1. The summed E-state index contributed by atoms with van der Waals surface area (Å²) in [5.41, 5.74) is 0.723. The number of piperidine rings is 1. The molecule has 2 heterocycles. The Morgan fingerprint density at radius 1 is 1.40 bits per heavy atom. The van der Waals surface area contributed by atoms with E-state index in [1.165, 1.54) is 0 Å². The third-order valence-corrected chi connectivity index (χ3v) is 4.95. The molecular formula is C16H22N2O2. The molecule has 4 nitrogen and oxygen atoms in total. The molecule has 3 rings (SSSR count). The Bertz CT molecular complexity index is 500. The molecule has 1 spiro atoms. The van der Waals surface area contributed by atoms with Gasteiger partial charge in [0.2, 0.25) is 0 Å². The van der Waals surface area contributed by atoms with Crippen LogP contribution in [0.1, 0.15) is 49.4 Å². The molecule has 0 unspecified atom stereocenters. The maximum Gasteiger partial charge on any atom is 0.161 e. The fraction of sp³-hybridized carbons (Fsp3) is 0.625. The minimum atomic E-state index is -0.165. The van der Waals surface area contributed by atoms with Crippen molar-refractivity contribution in [2.75, 3.05) is 18.0 Å². The maximum atomic E-state index is 11.3. The number of Topliss-reactive ketones (excluding diaryl/α,β-unsaturated/α-hetero) is 1. The fourth-order valence-electron chi connectivity index (χ4n) is 3.73. The molecule has 1 aromatic heterocycles. The van der Waals surface area contributed by atoms with E-state index in [1.54, 1.807) is 13.1 Å². The van der Waals surface area contributed by atoms with E-state index in [0.717, 1.165) is 51.0 Å². The van der Waals surface area contributed by atoms with Gasteiger partial charge in [-0.25, -0.2) is 4.98 Å². The fourth-order valence-corrected chi connectivity index (χ4v) is 3.73. The molecule has 0 bridgehead atoms. The molecule has 1 saturated carbocycles. The molecular weight excluding hydrogens is 252 g/mol. The van der Waals surface area contributed by atoms with Crippen LogP contribution in [0, 0.1) is 5.41 Å². The van der Waals surface area contributed by atoms with Crippen LogP contribution in [0.4, 0.5) is 5.82 Å². The zero-order valence-electron chi connectivity index (χ0n) is 12.0. The number of anilines is 1. The summed E-state index contributed by atoms with van der Waals surface area (Å²) in [5, 5.41) is 10.3. The molecule has 20 heavy (non-hydrogen) atoms. The lowest BCUT2D eigenvalue weighted by molar-refractivity contribution is 0.0408. The average molecular weight is 274 g/mol. The minimum absolute atomic E-state index is 0.0466. The predicted octanol–water partition coefficient (Wildman–Crippen LogP) is 2.42. The molecule has 2 fully saturated rings. The van der Waals surface area contributed by atoms with E-state index < -0.39 is 0 Å². The van der Waals surface area contributed by atoms with Crippen LogP contribution >= 0.6 is 0 Å². The van der Waals surface area contributed by atoms with Gasteiger partial charge in [-0.05, 0) is 44.7 Å². The highest BCUT2D eigenvalue weighted by Gasteiger charge is 2.44. The van der Waals surface area contributed by atoms with Gasteiger partial charge in [-0.1, -0.05) is 6.42 Å². The summed E-state index contributed by atoms with van der Waals surface area (Å²) >= 11 is 0. The van der Waals surface area contributed by atoms with Gasteiger partial charge in [0.1, 0.15) is 5.82 Å². The topological polar surface area (TPSA) is 53.4 Å². The lowest BCUT2D eigenvalue weighted by atomic mass is 9.77. The first kappa shape index (κ1) is 13.6. The molecule has 4 heteroatoms. The van der Waals surface area contributed by atoms with Crippen molar-refractivity contribution in [3.63, 3.8) is 0 Å². The van der Waals surface area contributed by atoms with Gasteiger partial charge in [-0.2, -0.15) is 0 Å². The Hall–Kier alpha value is -1.42. The first-order valence-electron chi connectivity index (χ1n) is 7.51. The summed E-state index contributed by atoms with van der Waals surface area (Å²) in [6, 6.07) is 3.77. The second-order valence-corrected chi connectivity index (χ2v) is 6.26. The van der Waals surface area contributed by atoms with Gasteiger partial charge >= 0.3 is 0 Å². The molecule has 0 radical (unpaired) electrons. The molecule has 1 aliphatic heterocycles. The van der Waals surface area contributed by atoms with Crippen LogP contribution in [0.5, 0.6) is 0 Å². The quantitative estimate of drug-likeness (QED) is 0.841. The third kappa shape index (κ3) is 2.33. The zero-order chi connectivity index (χ0) is 14.2. The summed E-state index contributed by atoms with van der Waals surface area (Å²) in [6.45, 7) is 3.43. The number of rotatable bonds is 2. The molecule has 1 N–H and O–H groups in total. The summed E-state index contributed by atoms with van der Waals surface area (Å²) in [7, 11) is 0. The number of aromatic nitrogens is 1. The van der Waals surface area contributed by atoms with Crippen LogP contribution < -0.4 is 4.90 Å². The van der Waals surface area contributed by atoms with E-state index in [4.69, 9.17) is 0 Å². The lowest BCUT2D eigenvalue weighted by Gasteiger charge is -2.43. The normalized spacial score (nSPS) is 29.9. The van der Waals surface area contributed by atoms with Crippen LogP contribution in [-0.4, -0.2) is 35.1 Å². The van der Waals surface area contributed by atoms with Gasteiger partial charge in [-0.15, -0.1) is 0 Å². The molecule has 1 aromatic rings.